The van der Waals surface area contributed by atoms with Crippen molar-refractivity contribution >= 4 is 17.1 Å². The number of nitrogens with zero attached hydrogens (tertiary/aromatic N) is 2. The maximum atomic E-state index is 4.81. The Morgan fingerprint density at radius 1 is 0.514 bits per heavy atom. The van der Waals surface area contributed by atoms with Gasteiger partial charge in [0.15, 0.2) is 0 Å². The molecule has 0 radical (unpaired) electrons. The maximum Gasteiger partial charge on any atom is 0.0688 e. The van der Waals surface area contributed by atoms with Crippen molar-refractivity contribution in [2.75, 3.05) is 4.90 Å². The fourth-order valence-electron chi connectivity index (χ4n) is 7.08. The van der Waals surface area contributed by atoms with Crippen LogP contribution >= 0.6 is 0 Å². The summed E-state index contributed by atoms with van der Waals surface area (Å²) >= 11 is 0. The zero-order valence-electron chi connectivity index (χ0n) is 19.3. The van der Waals surface area contributed by atoms with Gasteiger partial charge in [-0.05, 0) is 110 Å². The average molecular weight is 447 g/mol. The fraction of sp³-hybridized carbons (Fsp3) is 0.121. The Morgan fingerprint density at radius 3 is 2.17 bits per heavy atom. The van der Waals surface area contributed by atoms with Gasteiger partial charge in [-0.25, -0.2) is 0 Å². The van der Waals surface area contributed by atoms with Gasteiger partial charge in [0.1, 0.15) is 0 Å². The van der Waals surface area contributed by atoms with Gasteiger partial charge in [-0.15, -0.1) is 0 Å². The van der Waals surface area contributed by atoms with Crippen molar-refractivity contribution < 1.29 is 0 Å². The summed E-state index contributed by atoms with van der Waals surface area (Å²) in [5.74, 6) is 0. The van der Waals surface area contributed by atoms with Crippen LogP contribution in [0.2, 0.25) is 0 Å². The van der Waals surface area contributed by atoms with Crippen LogP contribution in [0.25, 0.3) is 22.3 Å². The molecule has 0 atom stereocenters. The third-order valence-electron chi connectivity index (χ3n) is 8.56. The van der Waals surface area contributed by atoms with Crippen LogP contribution in [0.4, 0.5) is 17.1 Å². The molecule has 4 aliphatic rings. The van der Waals surface area contributed by atoms with E-state index in [1.807, 2.05) is 6.20 Å². The number of anilines is 3. The molecule has 2 aliphatic heterocycles. The molecule has 0 saturated heterocycles. The standard InChI is InChI=1S/C33H22N2/c1-3-8-24-19(6-1)12-21-14-26-22(15-25(21)24)16-28-27(26)17-23-18-30-32(10-5-11-34-30)35-31-9-4-2-7-20(31)13-29(28)33(23)35/h1-11,14-15,17H,12-13,16,18H2. The summed E-state index contributed by atoms with van der Waals surface area (Å²) in [5, 5.41) is 0. The van der Waals surface area contributed by atoms with E-state index < -0.39 is 0 Å². The van der Waals surface area contributed by atoms with E-state index in [4.69, 9.17) is 4.98 Å². The number of fused-ring (bicyclic) bond motifs is 11. The second-order valence-electron chi connectivity index (χ2n) is 10.4. The zero-order chi connectivity index (χ0) is 22.7. The van der Waals surface area contributed by atoms with Gasteiger partial charge in [0.2, 0.25) is 0 Å². The quantitative estimate of drug-likeness (QED) is 0.240. The topological polar surface area (TPSA) is 16.1 Å². The van der Waals surface area contributed by atoms with Crippen LogP contribution in [-0.2, 0) is 25.7 Å². The van der Waals surface area contributed by atoms with Gasteiger partial charge in [0, 0.05) is 24.7 Å². The van der Waals surface area contributed by atoms with Gasteiger partial charge in [-0.3, -0.25) is 4.98 Å². The summed E-state index contributed by atoms with van der Waals surface area (Å²) in [6.45, 7) is 0. The van der Waals surface area contributed by atoms with E-state index in [2.05, 4.69) is 83.8 Å². The summed E-state index contributed by atoms with van der Waals surface area (Å²) in [5.41, 5.74) is 21.2. The Kier molecular flexibility index (Phi) is 3.27. The molecule has 9 rings (SSSR count). The number of rotatable bonds is 0. The van der Waals surface area contributed by atoms with E-state index in [9.17, 15) is 0 Å². The summed E-state index contributed by atoms with van der Waals surface area (Å²) in [7, 11) is 0. The molecule has 0 amide bonds. The molecule has 2 nitrogen and oxygen atoms in total. The smallest absolute Gasteiger partial charge is 0.0688 e. The first-order chi connectivity index (χ1) is 17.3. The van der Waals surface area contributed by atoms with E-state index in [0.717, 1.165) is 25.7 Å². The minimum Gasteiger partial charge on any atom is -0.308 e. The van der Waals surface area contributed by atoms with Gasteiger partial charge >= 0.3 is 0 Å². The molecular formula is C33H22N2. The van der Waals surface area contributed by atoms with Crippen molar-refractivity contribution in [2.24, 2.45) is 0 Å². The Morgan fingerprint density at radius 2 is 1.23 bits per heavy atom. The Hall–Kier alpha value is -4.17. The second-order valence-corrected chi connectivity index (χ2v) is 10.4. The van der Waals surface area contributed by atoms with Gasteiger partial charge in [0.25, 0.3) is 0 Å². The van der Waals surface area contributed by atoms with Gasteiger partial charge in [-0.1, -0.05) is 42.5 Å². The van der Waals surface area contributed by atoms with E-state index >= 15 is 0 Å². The monoisotopic (exact) mass is 446 g/mol. The molecule has 3 heterocycles. The highest BCUT2D eigenvalue weighted by Crippen LogP contribution is 2.55. The molecule has 164 valence electrons. The highest BCUT2D eigenvalue weighted by Gasteiger charge is 2.36. The van der Waals surface area contributed by atoms with Crippen LogP contribution in [0.3, 0.4) is 0 Å². The molecule has 0 fully saturated rings. The lowest BCUT2D eigenvalue weighted by Crippen LogP contribution is -2.26. The Balaban J connectivity index is 1.29. The van der Waals surface area contributed by atoms with Gasteiger partial charge in [0.05, 0.1) is 17.1 Å². The van der Waals surface area contributed by atoms with Crippen LogP contribution in [0.1, 0.15) is 44.6 Å². The molecular weight excluding hydrogens is 424 g/mol. The number of hydrogen-bond acceptors (Lipinski definition) is 2. The predicted molar refractivity (Wildman–Crippen MR) is 141 cm³/mol. The molecule has 4 aromatic carbocycles. The second kappa shape index (κ2) is 6.28. The van der Waals surface area contributed by atoms with Gasteiger partial charge < -0.3 is 4.90 Å². The molecule has 2 heteroatoms. The molecule has 1 aromatic heterocycles. The fourth-order valence-corrected chi connectivity index (χ4v) is 7.08. The molecule has 0 unspecified atom stereocenters. The van der Waals surface area contributed by atoms with Gasteiger partial charge in [-0.2, -0.15) is 0 Å². The van der Waals surface area contributed by atoms with E-state index in [-0.39, 0.29) is 0 Å². The van der Waals surface area contributed by atoms with Crippen molar-refractivity contribution in [1.29, 1.82) is 0 Å². The third-order valence-corrected chi connectivity index (χ3v) is 8.56. The highest BCUT2D eigenvalue weighted by atomic mass is 15.2. The first-order valence-corrected chi connectivity index (χ1v) is 12.6. The van der Waals surface area contributed by atoms with Crippen molar-refractivity contribution in [2.45, 2.75) is 25.7 Å². The molecule has 0 saturated carbocycles. The van der Waals surface area contributed by atoms with Crippen LogP contribution in [0, 0.1) is 0 Å². The van der Waals surface area contributed by atoms with Crippen molar-refractivity contribution in [3.63, 3.8) is 0 Å². The largest absolute Gasteiger partial charge is 0.308 e. The van der Waals surface area contributed by atoms with Crippen LogP contribution < -0.4 is 4.90 Å². The summed E-state index contributed by atoms with van der Waals surface area (Å²) in [4.78, 5) is 7.30. The Labute approximate surface area is 204 Å². The number of benzene rings is 4. The van der Waals surface area contributed by atoms with E-state index in [1.54, 1.807) is 0 Å². The molecule has 0 N–H and O–H groups in total. The van der Waals surface area contributed by atoms with Crippen molar-refractivity contribution in [3.8, 4) is 22.3 Å². The summed E-state index contributed by atoms with van der Waals surface area (Å²) in [6, 6.07) is 29.6. The van der Waals surface area contributed by atoms with Crippen LogP contribution in [-0.4, -0.2) is 4.98 Å². The number of aromatic nitrogens is 1. The SMILES string of the molecule is c1ccc2c(c1)Cc1cc3c(cc1-2)Cc1c-3cc2c3c1Cc1ccccc1N3c1cccnc1C2. The molecule has 2 aliphatic carbocycles. The predicted octanol–water partition coefficient (Wildman–Crippen LogP) is 7.50. The molecule has 35 heavy (non-hydrogen) atoms. The highest BCUT2D eigenvalue weighted by molar-refractivity contribution is 5.94. The minimum absolute atomic E-state index is 0.899. The average Bonchev–Trinajstić information content (AvgIpc) is 3.44. The van der Waals surface area contributed by atoms with Crippen molar-refractivity contribution in [1.82, 2.24) is 4.98 Å². The normalized spacial score (nSPS) is 14.9. The molecule has 0 bridgehead atoms. The number of pyridine rings is 1. The third kappa shape index (κ3) is 2.27. The summed E-state index contributed by atoms with van der Waals surface area (Å²) in [6.07, 6.45) is 5.91. The summed E-state index contributed by atoms with van der Waals surface area (Å²) < 4.78 is 0. The first-order valence-electron chi connectivity index (χ1n) is 12.6. The number of hydrogen-bond donors (Lipinski definition) is 0. The van der Waals surface area contributed by atoms with E-state index in [1.165, 1.54) is 84.0 Å². The van der Waals surface area contributed by atoms with Crippen LogP contribution in [0.15, 0.2) is 85.1 Å². The van der Waals surface area contributed by atoms with Crippen molar-refractivity contribution in [3.05, 3.63) is 130 Å². The van der Waals surface area contributed by atoms with E-state index in [0.29, 0.717) is 0 Å². The maximum absolute atomic E-state index is 4.81. The lowest BCUT2D eigenvalue weighted by Gasteiger charge is -2.39. The number of para-hydroxylation sites is 1. The Bertz CT molecular complexity index is 1750. The minimum atomic E-state index is 0.899. The lowest BCUT2D eigenvalue weighted by atomic mass is 9.83. The zero-order valence-corrected chi connectivity index (χ0v) is 19.3. The molecule has 5 aromatic rings. The molecule has 0 spiro atoms. The lowest BCUT2D eigenvalue weighted by molar-refractivity contribution is 0.961. The van der Waals surface area contributed by atoms with Crippen LogP contribution in [0.5, 0.6) is 0 Å². The first kappa shape index (κ1) is 18.2.